The first-order valence-corrected chi connectivity index (χ1v) is 10.5. The molecule has 0 unspecified atom stereocenters. The fraction of sp³-hybridized carbons (Fsp3) is 0.571. The van der Waals surface area contributed by atoms with Crippen LogP contribution in [0.1, 0.15) is 58.7 Å². The zero-order valence-corrected chi connectivity index (χ0v) is 19.0. The molecule has 0 bridgehead atoms. The molecule has 0 atom stereocenters. The molecule has 166 valence electrons. The number of amides is 1. The Morgan fingerprint density at radius 1 is 1.26 bits per heavy atom. The van der Waals surface area contributed by atoms with Crippen LogP contribution < -0.4 is 0 Å². The molecule has 4 heterocycles. The van der Waals surface area contributed by atoms with Gasteiger partial charge in [-0.15, -0.1) is 0 Å². The highest BCUT2D eigenvalue weighted by Crippen LogP contribution is 2.30. The predicted octanol–water partition coefficient (Wildman–Crippen LogP) is 2.25. The molecule has 0 saturated heterocycles. The minimum atomic E-state index is -0.0614. The number of carbonyl (C=O) groups is 1. The van der Waals surface area contributed by atoms with Crippen molar-refractivity contribution in [3.8, 4) is 11.6 Å². The summed E-state index contributed by atoms with van der Waals surface area (Å²) in [5, 5.41) is 13.2. The van der Waals surface area contributed by atoms with E-state index in [9.17, 15) is 4.79 Å². The second-order valence-electron chi connectivity index (χ2n) is 8.28. The van der Waals surface area contributed by atoms with E-state index < -0.39 is 0 Å². The molecule has 0 aromatic carbocycles. The molecule has 1 aliphatic heterocycles. The van der Waals surface area contributed by atoms with Crippen molar-refractivity contribution in [2.24, 2.45) is 7.05 Å². The van der Waals surface area contributed by atoms with E-state index in [1.807, 2.05) is 25.6 Å². The average Bonchev–Trinajstić information content (AvgIpc) is 3.42. The number of nitrogens with zero attached hydrogens (tertiary/aromatic N) is 7. The van der Waals surface area contributed by atoms with Crippen LogP contribution in [0.25, 0.3) is 11.6 Å². The van der Waals surface area contributed by atoms with Crippen molar-refractivity contribution < 1.29 is 14.1 Å². The number of carbonyl (C=O) groups excluding carboxylic acids is 1. The number of ether oxygens (including phenoxy) is 1. The molecule has 0 radical (unpaired) electrons. The van der Waals surface area contributed by atoms with Crippen LogP contribution in [-0.2, 0) is 31.2 Å². The maximum Gasteiger partial charge on any atom is 0.278 e. The van der Waals surface area contributed by atoms with Gasteiger partial charge in [-0.1, -0.05) is 5.16 Å². The first kappa shape index (κ1) is 21.2. The van der Waals surface area contributed by atoms with Crippen LogP contribution in [0.5, 0.6) is 0 Å². The molecule has 3 aromatic heterocycles. The van der Waals surface area contributed by atoms with Gasteiger partial charge in [-0.25, -0.2) is 0 Å². The summed E-state index contributed by atoms with van der Waals surface area (Å²) in [6.45, 7) is 9.60. The summed E-state index contributed by atoms with van der Waals surface area (Å²) >= 11 is 0. The Labute approximate surface area is 181 Å². The lowest BCUT2D eigenvalue weighted by Crippen LogP contribution is -2.29. The number of rotatable bonds is 6. The van der Waals surface area contributed by atoms with Gasteiger partial charge in [0.15, 0.2) is 11.5 Å². The Bertz CT molecular complexity index is 1110. The predicted molar refractivity (Wildman–Crippen MR) is 113 cm³/mol. The lowest BCUT2D eigenvalue weighted by atomic mass is 10.1. The number of likely N-dealkylation sites (N-methyl/N-ethyl adjacent to an activating group) is 1. The number of fused-ring (bicyclic) bond motifs is 1. The third-order valence-corrected chi connectivity index (χ3v) is 5.75. The van der Waals surface area contributed by atoms with Gasteiger partial charge in [-0.3, -0.25) is 14.2 Å². The lowest BCUT2D eigenvalue weighted by molar-refractivity contribution is 0.0794. The second-order valence-corrected chi connectivity index (χ2v) is 8.28. The fourth-order valence-corrected chi connectivity index (χ4v) is 3.96. The second kappa shape index (κ2) is 8.26. The smallest absolute Gasteiger partial charge is 0.278 e. The van der Waals surface area contributed by atoms with Gasteiger partial charge in [0.25, 0.3) is 11.8 Å². The summed E-state index contributed by atoms with van der Waals surface area (Å²) < 4.78 is 14.9. The van der Waals surface area contributed by atoms with E-state index in [4.69, 9.17) is 14.4 Å². The van der Waals surface area contributed by atoms with Gasteiger partial charge in [0.05, 0.1) is 24.5 Å². The molecule has 1 amide bonds. The number of aromatic nitrogens is 6. The van der Waals surface area contributed by atoms with Crippen LogP contribution >= 0.6 is 0 Å². The van der Waals surface area contributed by atoms with E-state index in [2.05, 4.69) is 29.1 Å². The third-order valence-electron chi connectivity index (χ3n) is 5.75. The van der Waals surface area contributed by atoms with E-state index in [0.717, 1.165) is 23.4 Å². The van der Waals surface area contributed by atoms with Gasteiger partial charge in [-0.05, 0) is 27.7 Å². The first-order valence-electron chi connectivity index (χ1n) is 10.5. The summed E-state index contributed by atoms with van der Waals surface area (Å²) in [5.74, 6) is 0.872. The molecule has 10 heteroatoms. The number of aryl methyl sites for hydroxylation is 2. The normalized spacial score (nSPS) is 13.6. The minimum absolute atomic E-state index is 0.0614. The topological polar surface area (TPSA) is 104 Å². The highest BCUT2D eigenvalue weighted by Gasteiger charge is 2.27. The van der Waals surface area contributed by atoms with Crippen molar-refractivity contribution in [1.82, 2.24) is 34.6 Å². The Morgan fingerprint density at radius 3 is 2.71 bits per heavy atom. The summed E-state index contributed by atoms with van der Waals surface area (Å²) in [5.41, 5.74) is 5.10. The van der Waals surface area contributed by atoms with Gasteiger partial charge in [-0.2, -0.15) is 15.2 Å². The lowest BCUT2D eigenvalue weighted by Gasteiger charge is -2.16. The van der Waals surface area contributed by atoms with Gasteiger partial charge >= 0.3 is 0 Å². The van der Waals surface area contributed by atoms with Crippen LogP contribution in [0.3, 0.4) is 0 Å². The third kappa shape index (κ3) is 3.87. The van der Waals surface area contributed by atoms with Crippen molar-refractivity contribution in [1.29, 1.82) is 0 Å². The Kier molecular flexibility index (Phi) is 5.65. The zero-order chi connectivity index (χ0) is 22.3. The van der Waals surface area contributed by atoms with Gasteiger partial charge < -0.3 is 14.2 Å². The largest absolute Gasteiger partial charge is 0.376 e. The molecular formula is C21H29N7O3. The number of hydrogen-bond donors (Lipinski definition) is 0. The van der Waals surface area contributed by atoms with E-state index in [1.54, 1.807) is 16.6 Å². The Morgan fingerprint density at radius 2 is 2.03 bits per heavy atom. The summed E-state index contributed by atoms with van der Waals surface area (Å²) in [4.78, 5) is 19.1. The van der Waals surface area contributed by atoms with E-state index in [0.29, 0.717) is 49.2 Å². The molecule has 10 nitrogen and oxygen atoms in total. The van der Waals surface area contributed by atoms with E-state index >= 15 is 0 Å². The van der Waals surface area contributed by atoms with Crippen molar-refractivity contribution in [2.45, 2.75) is 53.2 Å². The van der Waals surface area contributed by atoms with Crippen LogP contribution in [0.15, 0.2) is 4.52 Å². The maximum atomic E-state index is 12.9. The molecule has 1 aliphatic rings. The zero-order valence-electron chi connectivity index (χ0n) is 19.0. The standard InChI is InChI=1S/C21H29N7O3/c1-12(2)28-16-8-10-30-11-15(16)19(24-28)20-22-17(25-31-20)7-9-26(5)21(29)18-13(3)23-27(6)14(18)4/h12H,7-11H2,1-6H3. The Hall–Kier alpha value is -3.01. The van der Waals surface area contributed by atoms with Crippen LogP contribution in [0.4, 0.5) is 0 Å². The van der Waals surface area contributed by atoms with Crippen molar-refractivity contribution in [2.75, 3.05) is 20.2 Å². The molecule has 0 saturated carbocycles. The highest BCUT2D eigenvalue weighted by atomic mass is 16.5. The van der Waals surface area contributed by atoms with Crippen LogP contribution in [-0.4, -0.2) is 60.7 Å². The Balaban J connectivity index is 1.48. The fourth-order valence-electron chi connectivity index (χ4n) is 3.96. The van der Waals surface area contributed by atoms with Crippen LogP contribution in [0.2, 0.25) is 0 Å². The molecule has 0 aliphatic carbocycles. The number of hydrogen-bond acceptors (Lipinski definition) is 7. The summed E-state index contributed by atoms with van der Waals surface area (Å²) in [6, 6.07) is 0.238. The monoisotopic (exact) mass is 427 g/mol. The molecule has 4 rings (SSSR count). The average molecular weight is 428 g/mol. The first-order chi connectivity index (χ1) is 14.8. The molecular weight excluding hydrogens is 398 g/mol. The van der Waals surface area contributed by atoms with Crippen molar-refractivity contribution in [3.63, 3.8) is 0 Å². The molecule has 0 fully saturated rings. The van der Waals surface area contributed by atoms with Gasteiger partial charge in [0, 0.05) is 56.5 Å². The minimum Gasteiger partial charge on any atom is -0.376 e. The van der Waals surface area contributed by atoms with E-state index in [-0.39, 0.29) is 11.9 Å². The summed E-state index contributed by atoms with van der Waals surface area (Å²) in [6.07, 6.45) is 1.30. The van der Waals surface area contributed by atoms with Crippen molar-refractivity contribution in [3.05, 3.63) is 34.0 Å². The summed E-state index contributed by atoms with van der Waals surface area (Å²) in [7, 11) is 3.61. The highest BCUT2D eigenvalue weighted by molar-refractivity contribution is 5.96. The van der Waals surface area contributed by atoms with E-state index in [1.165, 1.54) is 5.69 Å². The SMILES string of the molecule is Cc1nn(C)c(C)c1C(=O)N(C)CCc1noc(-c2nn(C(C)C)c3c2COCC3)n1. The quantitative estimate of drug-likeness (QED) is 0.594. The molecule has 31 heavy (non-hydrogen) atoms. The van der Waals surface area contributed by atoms with Gasteiger partial charge in [0.1, 0.15) is 0 Å². The molecule has 0 spiro atoms. The molecule has 3 aromatic rings. The van der Waals surface area contributed by atoms with Gasteiger partial charge in [0.2, 0.25) is 0 Å². The molecule has 0 N–H and O–H groups in total. The van der Waals surface area contributed by atoms with Crippen molar-refractivity contribution >= 4 is 5.91 Å². The van der Waals surface area contributed by atoms with Crippen LogP contribution in [0, 0.1) is 13.8 Å². The maximum absolute atomic E-state index is 12.9.